The molecule has 2 unspecified atom stereocenters. The molecule has 0 saturated carbocycles. The maximum atomic E-state index is 6.18. The summed E-state index contributed by atoms with van der Waals surface area (Å²) in [7, 11) is 0. The van der Waals surface area contributed by atoms with E-state index in [-0.39, 0.29) is 0 Å². The minimum absolute atomic E-state index is 0.532. The maximum absolute atomic E-state index is 6.18. The molecule has 0 aromatic carbocycles. The van der Waals surface area contributed by atoms with E-state index in [1.165, 1.54) is 6.42 Å². The van der Waals surface area contributed by atoms with Gasteiger partial charge in [-0.2, -0.15) is 0 Å². The van der Waals surface area contributed by atoms with Gasteiger partial charge < -0.3 is 4.90 Å². The van der Waals surface area contributed by atoms with Crippen LogP contribution < -0.4 is 4.90 Å². The van der Waals surface area contributed by atoms with Crippen LogP contribution in [0.1, 0.15) is 38.6 Å². The van der Waals surface area contributed by atoms with Gasteiger partial charge in [0.05, 0.1) is 0 Å². The largest absolute Gasteiger partial charge is 0.353 e. The molecule has 2 atom stereocenters. The van der Waals surface area contributed by atoms with Gasteiger partial charge in [0.1, 0.15) is 16.8 Å². The summed E-state index contributed by atoms with van der Waals surface area (Å²) in [5.74, 6) is 2.58. The average Bonchev–Trinajstić information content (AvgIpc) is 2.64. The Labute approximate surface area is 108 Å². The van der Waals surface area contributed by atoms with Gasteiger partial charge in [0, 0.05) is 24.6 Å². The molecule has 2 heterocycles. The molecule has 1 aliphatic heterocycles. The van der Waals surface area contributed by atoms with Gasteiger partial charge in [-0.3, -0.25) is 0 Å². The summed E-state index contributed by atoms with van der Waals surface area (Å²) >= 11 is 6.18. The standard InChI is InChI=1S/C13H20ClN3/c1-5-11-15-12(14)9(3)13(16-11)17-7-6-8(2)10(17)4/h8,10H,5-7H2,1-4H3. The highest BCUT2D eigenvalue weighted by Crippen LogP contribution is 2.32. The third kappa shape index (κ3) is 2.25. The van der Waals surface area contributed by atoms with Crippen LogP contribution in [0, 0.1) is 12.8 Å². The summed E-state index contributed by atoms with van der Waals surface area (Å²) in [6, 6.07) is 0.532. The first-order chi connectivity index (χ1) is 8.04. The molecule has 1 fully saturated rings. The lowest BCUT2D eigenvalue weighted by atomic mass is 10.1. The number of hydrogen-bond donors (Lipinski definition) is 0. The molecule has 0 spiro atoms. The minimum Gasteiger partial charge on any atom is -0.353 e. The van der Waals surface area contributed by atoms with Gasteiger partial charge in [0.15, 0.2) is 0 Å². The van der Waals surface area contributed by atoms with Crippen LogP contribution in [-0.4, -0.2) is 22.6 Å². The lowest BCUT2D eigenvalue weighted by molar-refractivity contribution is 0.543. The second-order valence-corrected chi connectivity index (χ2v) is 5.29. The highest BCUT2D eigenvalue weighted by molar-refractivity contribution is 6.30. The van der Waals surface area contributed by atoms with E-state index in [1.807, 2.05) is 6.92 Å². The quantitative estimate of drug-likeness (QED) is 0.758. The smallest absolute Gasteiger partial charge is 0.137 e. The normalized spacial score (nSPS) is 24.4. The molecule has 1 aliphatic rings. The molecule has 0 bridgehead atoms. The summed E-state index contributed by atoms with van der Waals surface area (Å²) in [6.07, 6.45) is 2.05. The molecular weight excluding hydrogens is 234 g/mol. The molecule has 3 nitrogen and oxygen atoms in total. The maximum Gasteiger partial charge on any atom is 0.137 e. The summed E-state index contributed by atoms with van der Waals surface area (Å²) < 4.78 is 0. The van der Waals surface area contributed by atoms with Crippen LogP contribution in [0.25, 0.3) is 0 Å². The fourth-order valence-electron chi connectivity index (χ4n) is 2.35. The summed E-state index contributed by atoms with van der Waals surface area (Å²) in [4.78, 5) is 11.3. The van der Waals surface area contributed by atoms with Gasteiger partial charge >= 0.3 is 0 Å². The Bertz CT molecular complexity index is 419. The number of halogens is 1. The average molecular weight is 254 g/mol. The lowest BCUT2D eigenvalue weighted by Gasteiger charge is -2.26. The van der Waals surface area contributed by atoms with Gasteiger partial charge in [-0.05, 0) is 26.2 Å². The predicted molar refractivity (Wildman–Crippen MR) is 71.7 cm³/mol. The van der Waals surface area contributed by atoms with Crippen molar-refractivity contribution >= 4 is 17.4 Å². The Kier molecular flexibility index (Phi) is 3.57. The predicted octanol–water partition coefficient (Wildman–Crippen LogP) is 3.24. The fourth-order valence-corrected chi connectivity index (χ4v) is 2.53. The van der Waals surface area contributed by atoms with E-state index in [9.17, 15) is 0 Å². The van der Waals surface area contributed by atoms with Crippen LogP contribution in [0.3, 0.4) is 0 Å². The molecule has 1 saturated heterocycles. The molecule has 94 valence electrons. The highest BCUT2D eigenvalue weighted by Gasteiger charge is 2.30. The topological polar surface area (TPSA) is 29.0 Å². The molecule has 2 rings (SSSR count). The van der Waals surface area contributed by atoms with E-state index >= 15 is 0 Å². The molecule has 1 aromatic heterocycles. The zero-order valence-corrected chi connectivity index (χ0v) is 11.8. The SMILES string of the molecule is CCc1nc(Cl)c(C)c(N2CCC(C)C2C)n1. The Morgan fingerprint density at radius 3 is 2.59 bits per heavy atom. The molecule has 4 heteroatoms. The Morgan fingerprint density at radius 2 is 2.06 bits per heavy atom. The Balaban J connectivity index is 2.41. The van der Waals surface area contributed by atoms with Crippen molar-refractivity contribution in [2.24, 2.45) is 5.92 Å². The first kappa shape index (κ1) is 12.6. The highest BCUT2D eigenvalue weighted by atomic mass is 35.5. The Morgan fingerprint density at radius 1 is 1.35 bits per heavy atom. The van der Waals surface area contributed by atoms with E-state index in [2.05, 4.69) is 35.6 Å². The van der Waals surface area contributed by atoms with Crippen molar-refractivity contribution in [2.75, 3.05) is 11.4 Å². The number of rotatable bonds is 2. The van der Waals surface area contributed by atoms with Crippen LogP contribution >= 0.6 is 11.6 Å². The van der Waals surface area contributed by atoms with Crippen LogP contribution in [-0.2, 0) is 6.42 Å². The molecular formula is C13H20ClN3. The van der Waals surface area contributed by atoms with Crippen LogP contribution in [0.4, 0.5) is 5.82 Å². The van der Waals surface area contributed by atoms with E-state index in [0.717, 1.165) is 30.2 Å². The van der Waals surface area contributed by atoms with Gasteiger partial charge in [-0.1, -0.05) is 25.4 Å². The van der Waals surface area contributed by atoms with Crippen molar-refractivity contribution in [3.05, 3.63) is 16.5 Å². The number of aromatic nitrogens is 2. The molecule has 0 radical (unpaired) electrons. The molecule has 0 aliphatic carbocycles. The van der Waals surface area contributed by atoms with Crippen LogP contribution in [0.15, 0.2) is 0 Å². The van der Waals surface area contributed by atoms with E-state index in [0.29, 0.717) is 17.1 Å². The number of nitrogens with zero attached hydrogens (tertiary/aromatic N) is 3. The number of hydrogen-bond acceptors (Lipinski definition) is 3. The van der Waals surface area contributed by atoms with Crippen molar-refractivity contribution in [3.8, 4) is 0 Å². The van der Waals surface area contributed by atoms with Gasteiger partial charge in [-0.15, -0.1) is 0 Å². The second-order valence-electron chi connectivity index (χ2n) is 4.93. The summed E-state index contributed by atoms with van der Waals surface area (Å²) in [5.41, 5.74) is 1.00. The summed E-state index contributed by atoms with van der Waals surface area (Å²) in [6.45, 7) is 9.69. The van der Waals surface area contributed by atoms with E-state index in [1.54, 1.807) is 0 Å². The third-order valence-electron chi connectivity index (χ3n) is 3.84. The lowest BCUT2D eigenvalue weighted by Crippen LogP contribution is -2.31. The monoisotopic (exact) mass is 253 g/mol. The van der Waals surface area contributed by atoms with E-state index < -0.39 is 0 Å². The number of anilines is 1. The molecule has 17 heavy (non-hydrogen) atoms. The minimum atomic E-state index is 0.532. The molecule has 1 aromatic rings. The van der Waals surface area contributed by atoms with Gasteiger partial charge in [0.2, 0.25) is 0 Å². The molecule has 0 N–H and O–H groups in total. The second kappa shape index (κ2) is 4.81. The molecule has 0 amide bonds. The first-order valence-corrected chi connectivity index (χ1v) is 6.72. The summed E-state index contributed by atoms with van der Waals surface area (Å²) in [5, 5.41) is 0.596. The fraction of sp³-hybridized carbons (Fsp3) is 0.692. The first-order valence-electron chi connectivity index (χ1n) is 6.34. The van der Waals surface area contributed by atoms with Crippen molar-refractivity contribution in [3.63, 3.8) is 0 Å². The van der Waals surface area contributed by atoms with Crippen molar-refractivity contribution < 1.29 is 0 Å². The zero-order chi connectivity index (χ0) is 12.6. The van der Waals surface area contributed by atoms with Crippen molar-refractivity contribution in [2.45, 2.75) is 46.6 Å². The van der Waals surface area contributed by atoms with Crippen LogP contribution in [0.5, 0.6) is 0 Å². The van der Waals surface area contributed by atoms with Gasteiger partial charge in [0.25, 0.3) is 0 Å². The van der Waals surface area contributed by atoms with Crippen LogP contribution in [0.2, 0.25) is 5.15 Å². The number of aryl methyl sites for hydroxylation is 1. The van der Waals surface area contributed by atoms with E-state index in [4.69, 9.17) is 11.6 Å². The van der Waals surface area contributed by atoms with Gasteiger partial charge in [-0.25, -0.2) is 9.97 Å². The van der Waals surface area contributed by atoms with Crippen molar-refractivity contribution in [1.82, 2.24) is 9.97 Å². The Hall–Kier alpha value is -0.830. The third-order valence-corrected chi connectivity index (χ3v) is 4.20. The van der Waals surface area contributed by atoms with Crippen molar-refractivity contribution in [1.29, 1.82) is 0 Å². The zero-order valence-electron chi connectivity index (χ0n) is 11.0.